The van der Waals surface area contributed by atoms with Crippen LogP contribution in [-0.4, -0.2) is 55.7 Å². The molecule has 10 nitrogen and oxygen atoms in total. The maximum absolute atomic E-state index is 14.0. The number of hydrogen-bond donors (Lipinski definition) is 0. The number of carbonyl (C=O) groups is 4. The van der Waals surface area contributed by atoms with Gasteiger partial charge in [-0.15, -0.1) is 0 Å². The van der Waals surface area contributed by atoms with Crippen LogP contribution in [-0.2, 0) is 21.6 Å². The minimum absolute atomic E-state index is 0.0538. The fourth-order valence-electron chi connectivity index (χ4n) is 6.80. The third-order valence-corrected chi connectivity index (χ3v) is 9.89. The van der Waals surface area contributed by atoms with Gasteiger partial charge in [0, 0.05) is 22.2 Å². The van der Waals surface area contributed by atoms with E-state index in [4.69, 9.17) is 33.0 Å². The van der Waals surface area contributed by atoms with E-state index in [1.165, 1.54) is 11.2 Å². The van der Waals surface area contributed by atoms with Crippen molar-refractivity contribution in [2.45, 2.75) is 58.2 Å². The normalized spacial score (nSPS) is 19.3. The molecular formula is C39H35Cl2N5O5. The fourth-order valence-corrected chi connectivity index (χ4v) is 7.06. The molecule has 3 heterocycles. The molecule has 3 aliphatic rings. The molecule has 0 radical (unpaired) electrons. The largest absolute Gasteiger partial charge is 0.452 e. The standard InChI is InChI=1S/C39H35Cl2N5O5/c1-39(2,3)45-20-31(32(42-45)21-44-36(48)28-8-4-5-9-29(28)37(44)49)38(50)51-22-33(47)46-35(24-13-17-27(41)18-14-24)30-10-6-7-25(34(30)43-46)19-23-11-15-26(40)16-12-23/h4-5,8-9,11-20,30,35H,6-7,10,21-22H2,1-3H3/b25-19-. The Balaban J connectivity index is 1.15. The monoisotopic (exact) mass is 723 g/mol. The second-order valence-electron chi connectivity index (χ2n) is 13.9. The first-order valence-electron chi connectivity index (χ1n) is 16.7. The van der Waals surface area contributed by atoms with Gasteiger partial charge >= 0.3 is 5.97 Å². The number of carbonyl (C=O) groups excluding carboxylic acids is 4. The van der Waals surface area contributed by atoms with Gasteiger partial charge < -0.3 is 4.74 Å². The molecule has 3 aromatic carbocycles. The Kier molecular flexibility index (Phi) is 9.16. The zero-order valence-electron chi connectivity index (χ0n) is 28.3. The summed E-state index contributed by atoms with van der Waals surface area (Å²) in [7, 11) is 0. The Bertz CT molecular complexity index is 2080. The van der Waals surface area contributed by atoms with Crippen LogP contribution in [0.4, 0.5) is 0 Å². The third kappa shape index (κ3) is 6.73. The number of allylic oxidation sites excluding steroid dienone is 1. The van der Waals surface area contributed by atoms with Gasteiger partial charge in [0.05, 0.1) is 40.7 Å². The van der Waals surface area contributed by atoms with Crippen LogP contribution in [0.2, 0.25) is 10.0 Å². The summed E-state index contributed by atoms with van der Waals surface area (Å²) in [5.74, 6) is -2.32. The van der Waals surface area contributed by atoms with Crippen molar-refractivity contribution < 1.29 is 23.9 Å². The van der Waals surface area contributed by atoms with Gasteiger partial charge in [0.25, 0.3) is 17.7 Å². The molecular weight excluding hydrogens is 689 g/mol. The van der Waals surface area contributed by atoms with E-state index in [0.717, 1.165) is 46.6 Å². The van der Waals surface area contributed by atoms with Crippen molar-refractivity contribution in [1.82, 2.24) is 19.7 Å². The number of amides is 3. The first-order chi connectivity index (χ1) is 24.4. The smallest absolute Gasteiger partial charge is 0.342 e. The Morgan fingerprint density at radius 1 is 0.922 bits per heavy atom. The molecule has 0 bridgehead atoms. The zero-order valence-corrected chi connectivity index (χ0v) is 29.8. The van der Waals surface area contributed by atoms with Crippen LogP contribution in [0.25, 0.3) is 6.08 Å². The number of rotatable bonds is 7. The lowest BCUT2D eigenvalue weighted by Crippen LogP contribution is -2.34. The van der Waals surface area contributed by atoms with Gasteiger partial charge in [-0.2, -0.15) is 10.2 Å². The first-order valence-corrected chi connectivity index (χ1v) is 17.5. The molecule has 4 aromatic rings. The molecule has 1 aliphatic carbocycles. The van der Waals surface area contributed by atoms with E-state index in [1.807, 2.05) is 57.2 Å². The molecule has 1 saturated carbocycles. The van der Waals surface area contributed by atoms with Gasteiger partial charge in [0.2, 0.25) is 0 Å². The maximum Gasteiger partial charge on any atom is 0.342 e. The van der Waals surface area contributed by atoms with E-state index in [2.05, 4.69) is 11.2 Å². The summed E-state index contributed by atoms with van der Waals surface area (Å²) in [6, 6.07) is 21.0. The molecule has 3 amide bonds. The van der Waals surface area contributed by atoms with Gasteiger partial charge in [-0.3, -0.25) is 24.0 Å². The van der Waals surface area contributed by atoms with Crippen LogP contribution in [0, 0.1) is 5.92 Å². The van der Waals surface area contributed by atoms with E-state index in [9.17, 15) is 19.2 Å². The van der Waals surface area contributed by atoms with Crippen molar-refractivity contribution in [3.63, 3.8) is 0 Å². The van der Waals surface area contributed by atoms with E-state index >= 15 is 0 Å². The number of benzene rings is 3. The summed E-state index contributed by atoms with van der Waals surface area (Å²) in [6.45, 7) is 4.89. The predicted octanol–water partition coefficient (Wildman–Crippen LogP) is 7.72. The van der Waals surface area contributed by atoms with Gasteiger partial charge in [-0.1, -0.05) is 59.6 Å². The number of imide groups is 1. The van der Waals surface area contributed by atoms with Crippen molar-refractivity contribution in [1.29, 1.82) is 0 Å². The highest BCUT2D eigenvalue weighted by molar-refractivity contribution is 6.31. The topological polar surface area (TPSA) is 114 Å². The third-order valence-electron chi connectivity index (χ3n) is 9.39. The van der Waals surface area contributed by atoms with E-state index < -0.39 is 41.9 Å². The Morgan fingerprint density at radius 3 is 2.18 bits per heavy atom. The second-order valence-corrected chi connectivity index (χ2v) is 14.7. The minimum Gasteiger partial charge on any atom is -0.452 e. The molecule has 0 spiro atoms. The Hall–Kier alpha value is -5.06. The van der Waals surface area contributed by atoms with Gasteiger partial charge in [0.1, 0.15) is 5.56 Å². The van der Waals surface area contributed by atoms with E-state index in [0.29, 0.717) is 21.2 Å². The second kappa shape index (κ2) is 13.6. The lowest BCUT2D eigenvalue weighted by molar-refractivity contribution is -0.137. The number of nitrogens with zero attached hydrogens (tertiary/aromatic N) is 5. The number of hydrogen-bond acceptors (Lipinski definition) is 7. The molecule has 2 aliphatic heterocycles. The Morgan fingerprint density at radius 2 is 1.55 bits per heavy atom. The molecule has 0 saturated heterocycles. The van der Waals surface area contributed by atoms with Crippen LogP contribution >= 0.6 is 23.2 Å². The Labute approximate surface area is 305 Å². The van der Waals surface area contributed by atoms with Gasteiger partial charge in [0.15, 0.2) is 6.61 Å². The lowest BCUT2D eigenvalue weighted by atomic mass is 9.77. The number of ether oxygens (including phenoxy) is 1. The lowest BCUT2D eigenvalue weighted by Gasteiger charge is -2.29. The first kappa shape index (κ1) is 34.4. The molecule has 0 N–H and O–H groups in total. The van der Waals surface area contributed by atoms with Crippen LogP contribution in [0.3, 0.4) is 0 Å². The summed E-state index contributed by atoms with van der Waals surface area (Å²) in [5.41, 5.74) is 3.99. The maximum atomic E-state index is 14.0. The van der Waals surface area contributed by atoms with Crippen LogP contribution in [0.5, 0.6) is 0 Å². The van der Waals surface area contributed by atoms with Gasteiger partial charge in [-0.25, -0.2) is 9.80 Å². The van der Waals surface area contributed by atoms with E-state index in [1.54, 1.807) is 41.1 Å². The average Bonchev–Trinajstić information content (AvgIpc) is 3.79. The molecule has 1 aromatic heterocycles. The molecule has 2 unspecified atom stereocenters. The summed E-state index contributed by atoms with van der Waals surface area (Å²) in [6.07, 6.45) is 6.14. The quantitative estimate of drug-likeness (QED) is 0.143. The summed E-state index contributed by atoms with van der Waals surface area (Å²) in [4.78, 5) is 55.0. The highest BCUT2D eigenvalue weighted by Crippen LogP contribution is 2.44. The number of hydrazone groups is 1. The molecule has 7 rings (SSSR count). The van der Waals surface area contributed by atoms with Gasteiger partial charge in [-0.05, 0) is 99.2 Å². The summed E-state index contributed by atoms with van der Waals surface area (Å²) >= 11 is 12.3. The van der Waals surface area contributed by atoms with Crippen molar-refractivity contribution in [3.8, 4) is 0 Å². The molecule has 2 atom stereocenters. The summed E-state index contributed by atoms with van der Waals surface area (Å²) in [5, 5.41) is 12.1. The number of halogens is 2. The number of aromatic nitrogens is 2. The number of fused-ring (bicyclic) bond motifs is 2. The fraction of sp³-hybridized carbons (Fsp3) is 0.282. The molecule has 1 fully saturated rings. The summed E-state index contributed by atoms with van der Waals surface area (Å²) < 4.78 is 7.23. The van der Waals surface area contributed by atoms with Crippen molar-refractivity contribution >= 4 is 58.7 Å². The van der Waals surface area contributed by atoms with Crippen molar-refractivity contribution in [2.24, 2.45) is 11.0 Å². The predicted molar refractivity (Wildman–Crippen MR) is 193 cm³/mol. The average molecular weight is 725 g/mol. The molecule has 260 valence electrons. The van der Waals surface area contributed by atoms with Crippen molar-refractivity contribution in [3.05, 3.63) is 128 Å². The van der Waals surface area contributed by atoms with E-state index in [-0.39, 0.29) is 23.7 Å². The SMILES string of the molecule is CC(C)(C)n1cc(C(=O)OCC(=O)N2N=C3/C(=C\c4ccc(Cl)cc4)CCCC3C2c2ccc(Cl)cc2)c(CN2C(=O)c3ccccc3C2=O)n1. The highest BCUT2D eigenvalue weighted by Gasteiger charge is 2.44. The molecule has 51 heavy (non-hydrogen) atoms. The number of esters is 1. The van der Waals surface area contributed by atoms with Crippen molar-refractivity contribution in [2.75, 3.05) is 6.61 Å². The van der Waals surface area contributed by atoms with Crippen LogP contribution in [0.1, 0.15) is 94.0 Å². The zero-order chi connectivity index (χ0) is 36.0. The highest BCUT2D eigenvalue weighted by atomic mass is 35.5. The minimum atomic E-state index is -0.805. The van der Waals surface area contributed by atoms with Crippen LogP contribution in [0.15, 0.2) is 89.7 Å². The molecule has 12 heteroatoms. The van der Waals surface area contributed by atoms with Crippen LogP contribution < -0.4 is 0 Å².